The van der Waals surface area contributed by atoms with E-state index in [2.05, 4.69) is 12.1 Å². The average Bonchev–Trinajstić information content (AvgIpc) is 3.11. The first-order chi connectivity index (χ1) is 9.47. The maximum atomic E-state index is 12.6. The van der Waals surface area contributed by atoms with Gasteiger partial charge in [0.2, 0.25) is 0 Å². The number of carbonyl (C=O) groups is 2. The molecule has 1 aromatic carbocycles. The van der Waals surface area contributed by atoms with Gasteiger partial charge in [-0.2, -0.15) is 0 Å². The molecule has 1 aliphatic carbocycles. The maximum absolute atomic E-state index is 12.6. The SMILES string of the molecule is Cc1cc(C)c(C2C(=O)CC(CC3CO3)C2=O)c(C)c1. The van der Waals surface area contributed by atoms with E-state index in [1.807, 2.05) is 20.8 Å². The molecule has 2 aliphatic rings. The Labute approximate surface area is 119 Å². The van der Waals surface area contributed by atoms with Gasteiger partial charge in [0.15, 0.2) is 5.78 Å². The molecule has 1 aliphatic heterocycles. The van der Waals surface area contributed by atoms with Crippen LogP contribution < -0.4 is 0 Å². The van der Waals surface area contributed by atoms with Crippen molar-refractivity contribution in [2.45, 2.75) is 45.6 Å². The molecule has 3 nitrogen and oxygen atoms in total. The van der Waals surface area contributed by atoms with E-state index in [1.54, 1.807) is 0 Å². The number of rotatable bonds is 3. The van der Waals surface area contributed by atoms with Crippen LogP contribution in [0, 0.1) is 26.7 Å². The van der Waals surface area contributed by atoms with Crippen molar-refractivity contribution in [3.8, 4) is 0 Å². The second-order valence-corrected chi connectivity index (χ2v) is 6.21. The summed E-state index contributed by atoms with van der Waals surface area (Å²) in [5, 5.41) is 0. The van der Waals surface area contributed by atoms with Crippen LogP contribution in [0.3, 0.4) is 0 Å². The van der Waals surface area contributed by atoms with E-state index >= 15 is 0 Å². The molecule has 2 fully saturated rings. The fourth-order valence-electron chi connectivity index (χ4n) is 3.53. The molecular formula is C17H20O3. The zero-order valence-electron chi connectivity index (χ0n) is 12.2. The van der Waals surface area contributed by atoms with Gasteiger partial charge in [0, 0.05) is 12.3 Å². The Morgan fingerprint density at radius 1 is 1.15 bits per heavy atom. The topological polar surface area (TPSA) is 46.7 Å². The number of hydrogen-bond donors (Lipinski definition) is 0. The molecule has 106 valence electrons. The molecule has 0 radical (unpaired) electrons. The van der Waals surface area contributed by atoms with Crippen LogP contribution in [-0.4, -0.2) is 24.3 Å². The van der Waals surface area contributed by atoms with Gasteiger partial charge < -0.3 is 4.74 Å². The highest BCUT2D eigenvalue weighted by Crippen LogP contribution is 2.39. The average molecular weight is 272 g/mol. The van der Waals surface area contributed by atoms with Crippen LogP contribution in [0.2, 0.25) is 0 Å². The van der Waals surface area contributed by atoms with Gasteiger partial charge in [0.25, 0.3) is 0 Å². The number of ketones is 2. The lowest BCUT2D eigenvalue weighted by Crippen LogP contribution is -2.18. The third-order valence-corrected chi connectivity index (χ3v) is 4.43. The summed E-state index contributed by atoms with van der Waals surface area (Å²) in [4.78, 5) is 24.9. The van der Waals surface area contributed by atoms with E-state index < -0.39 is 5.92 Å². The van der Waals surface area contributed by atoms with Crippen molar-refractivity contribution in [2.24, 2.45) is 5.92 Å². The van der Waals surface area contributed by atoms with Crippen LogP contribution in [0.15, 0.2) is 12.1 Å². The zero-order valence-corrected chi connectivity index (χ0v) is 12.2. The van der Waals surface area contributed by atoms with E-state index in [0.29, 0.717) is 12.8 Å². The molecule has 1 saturated heterocycles. The van der Waals surface area contributed by atoms with Gasteiger partial charge in [-0.3, -0.25) is 9.59 Å². The van der Waals surface area contributed by atoms with Crippen LogP contribution >= 0.6 is 0 Å². The lowest BCUT2D eigenvalue weighted by atomic mass is 9.86. The van der Waals surface area contributed by atoms with E-state index in [9.17, 15) is 9.59 Å². The highest BCUT2D eigenvalue weighted by molar-refractivity contribution is 6.15. The molecular weight excluding hydrogens is 252 g/mol. The molecule has 0 spiro atoms. The number of aryl methyl sites for hydroxylation is 3. The number of ether oxygens (including phenoxy) is 1. The smallest absolute Gasteiger partial charge is 0.151 e. The van der Waals surface area contributed by atoms with Crippen LogP contribution in [-0.2, 0) is 14.3 Å². The predicted molar refractivity (Wildman–Crippen MR) is 75.9 cm³/mol. The third kappa shape index (κ3) is 2.31. The number of Topliss-reactive ketones (excluding diaryl/α,β-unsaturated/α-hetero) is 2. The van der Waals surface area contributed by atoms with Gasteiger partial charge >= 0.3 is 0 Å². The first-order valence-corrected chi connectivity index (χ1v) is 7.23. The molecule has 1 saturated carbocycles. The number of epoxide rings is 1. The van der Waals surface area contributed by atoms with Crippen molar-refractivity contribution < 1.29 is 14.3 Å². The van der Waals surface area contributed by atoms with Gasteiger partial charge in [0.05, 0.1) is 12.7 Å². The normalized spacial score (nSPS) is 29.1. The van der Waals surface area contributed by atoms with Crippen LogP contribution in [0.1, 0.15) is 41.0 Å². The molecule has 3 atom stereocenters. The molecule has 3 rings (SSSR count). The summed E-state index contributed by atoms with van der Waals surface area (Å²) in [6.45, 7) is 6.76. The largest absolute Gasteiger partial charge is 0.373 e. The fraction of sp³-hybridized carbons (Fsp3) is 0.529. The Morgan fingerprint density at radius 3 is 2.30 bits per heavy atom. The monoisotopic (exact) mass is 272 g/mol. The van der Waals surface area contributed by atoms with E-state index in [1.165, 1.54) is 5.56 Å². The summed E-state index contributed by atoms with van der Waals surface area (Å²) in [6, 6.07) is 4.11. The second kappa shape index (κ2) is 4.81. The van der Waals surface area contributed by atoms with Crippen LogP contribution in [0.4, 0.5) is 0 Å². The van der Waals surface area contributed by atoms with Crippen LogP contribution in [0.25, 0.3) is 0 Å². The Hall–Kier alpha value is -1.48. The molecule has 20 heavy (non-hydrogen) atoms. The predicted octanol–water partition coefficient (Wildman–Crippen LogP) is 2.64. The van der Waals surface area contributed by atoms with Gasteiger partial charge in [-0.05, 0) is 43.9 Å². The highest BCUT2D eigenvalue weighted by atomic mass is 16.6. The molecule has 3 heteroatoms. The van der Waals surface area contributed by atoms with E-state index in [4.69, 9.17) is 4.74 Å². The zero-order chi connectivity index (χ0) is 14.4. The third-order valence-electron chi connectivity index (χ3n) is 4.43. The molecule has 1 aromatic rings. The summed E-state index contributed by atoms with van der Waals surface area (Å²) < 4.78 is 5.19. The lowest BCUT2D eigenvalue weighted by molar-refractivity contribution is -0.124. The molecule has 3 unspecified atom stereocenters. The minimum atomic E-state index is -0.542. The highest BCUT2D eigenvalue weighted by Gasteiger charge is 2.45. The first-order valence-electron chi connectivity index (χ1n) is 7.23. The van der Waals surface area contributed by atoms with E-state index in [0.717, 1.165) is 23.3 Å². The summed E-state index contributed by atoms with van der Waals surface area (Å²) >= 11 is 0. The fourth-order valence-corrected chi connectivity index (χ4v) is 3.53. The molecule has 0 N–H and O–H groups in total. The van der Waals surface area contributed by atoms with Crippen molar-refractivity contribution in [2.75, 3.05) is 6.61 Å². The number of hydrogen-bond acceptors (Lipinski definition) is 3. The van der Waals surface area contributed by atoms with E-state index in [-0.39, 0.29) is 23.6 Å². The molecule has 0 amide bonds. The lowest BCUT2D eigenvalue weighted by Gasteiger charge is -2.16. The Bertz CT molecular complexity index is 561. The summed E-state index contributed by atoms with van der Waals surface area (Å²) in [7, 11) is 0. The summed E-state index contributed by atoms with van der Waals surface area (Å²) in [6.07, 6.45) is 1.30. The molecule has 0 bridgehead atoms. The summed E-state index contributed by atoms with van der Waals surface area (Å²) in [5.41, 5.74) is 4.21. The Morgan fingerprint density at radius 2 is 1.75 bits per heavy atom. The minimum Gasteiger partial charge on any atom is -0.373 e. The van der Waals surface area contributed by atoms with Crippen molar-refractivity contribution in [1.82, 2.24) is 0 Å². The van der Waals surface area contributed by atoms with Crippen molar-refractivity contribution >= 4 is 11.6 Å². The molecule has 1 heterocycles. The number of benzene rings is 1. The van der Waals surface area contributed by atoms with Gasteiger partial charge in [-0.1, -0.05) is 17.7 Å². The van der Waals surface area contributed by atoms with Crippen molar-refractivity contribution in [1.29, 1.82) is 0 Å². The maximum Gasteiger partial charge on any atom is 0.151 e. The van der Waals surface area contributed by atoms with Gasteiger partial charge in [-0.15, -0.1) is 0 Å². The second-order valence-electron chi connectivity index (χ2n) is 6.21. The standard InChI is InChI=1S/C17H20O3/c1-9-4-10(2)15(11(3)5-9)16-14(18)7-12(17(16)19)6-13-8-20-13/h4-5,12-13,16H,6-8H2,1-3H3. The Kier molecular flexibility index (Phi) is 3.25. The minimum absolute atomic E-state index is 0.0794. The van der Waals surface area contributed by atoms with Crippen molar-refractivity contribution in [3.05, 3.63) is 34.4 Å². The number of carbonyl (C=O) groups excluding carboxylic acids is 2. The molecule has 0 aromatic heterocycles. The quantitative estimate of drug-likeness (QED) is 0.627. The Balaban J connectivity index is 1.93. The van der Waals surface area contributed by atoms with Crippen LogP contribution in [0.5, 0.6) is 0 Å². The first kappa shape index (κ1) is 13.5. The summed E-state index contributed by atoms with van der Waals surface area (Å²) in [5.74, 6) is -0.504. The van der Waals surface area contributed by atoms with Gasteiger partial charge in [-0.25, -0.2) is 0 Å². The van der Waals surface area contributed by atoms with Crippen molar-refractivity contribution in [3.63, 3.8) is 0 Å². The van der Waals surface area contributed by atoms with Gasteiger partial charge in [0.1, 0.15) is 11.7 Å².